The summed E-state index contributed by atoms with van der Waals surface area (Å²) in [7, 11) is 0. The molecule has 0 bridgehead atoms. The average molecular weight is 173 g/mol. The normalized spacial score (nSPS) is 17.9. The molecule has 1 nitrogen and oxygen atoms in total. The van der Waals surface area contributed by atoms with Gasteiger partial charge < -0.3 is 4.52 Å². The lowest BCUT2D eigenvalue weighted by atomic mass is 10.9. The Labute approximate surface area is 60.2 Å². The van der Waals surface area contributed by atoms with Crippen molar-refractivity contribution >= 4 is 28.7 Å². The van der Waals surface area contributed by atoms with Gasteiger partial charge in [-0.05, 0) is 6.92 Å². The number of hydrogen-bond donors (Lipinski definition) is 0. The second-order valence-electron chi connectivity index (χ2n) is 1.32. The maximum Gasteiger partial charge on any atom is 0.151 e. The highest BCUT2D eigenvalue weighted by Crippen LogP contribution is 2.51. The Kier molecular flexibility index (Phi) is 4.27. The third-order valence-corrected chi connectivity index (χ3v) is 4.20. The zero-order valence-electron chi connectivity index (χ0n) is 5.06. The summed E-state index contributed by atoms with van der Waals surface area (Å²) >= 11 is 10.6. The molecule has 0 rings (SSSR count). The Morgan fingerprint density at radius 1 is 1.62 bits per heavy atom. The highest BCUT2D eigenvalue weighted by atomic mass is 35.7. The van der Waals surface area contributed by atoms with E-state index in [4.69, 9.17) is 27.6 Å². The van der Waals surface area contributed by atoms with E-state index in [0.717, 1.165) is 6.16 Å². The molecule has 0 saturated heterocycles. The number of rotatable bonds is 3. The fourth-order valence-electron chi connectivity index (χ4n) is 0.284. The molecule has 0 aromatic rings. The van der Waals surface area contributed by atoms with Gasteiger partial charge in [-0.3, -0.25) is 0 Å². The molecular weight excluding hydrogens is 163 g/mol. The minimum Gasteiger partial charge on any atom is -0.338 e. The van der Waals surface area contributed by atoms with E-state index in [1.165, 1.54) is 0 Å². The van der Waals surface area contributed by atoms with Gasteiger partial charge in [-0.1, -0.05) is 30.0 Å². The molecule has 0 N–H and O–H groups in total. The molecule has 1 atom stereocenters. The van der Waals surface area contributed by atoms with Crippen LogP contribution in [0.5, 0.6) is 0 Å². The second-order valence-corrected chi connectivity index (χ2v) is 7.40. The summed E-state index contributed by atoms with van der Waals surface area (Å²) in [6, 6.07) is 0. The Balaban J connectivity index is 3.55. The molecule has 0 aliphatic rings. The summed E-state index contributed by atoms with van der Waals surface area (Å²) in [6.45, 7) is 4.48. The molecule has 0 aromatic heterocycles. The lowest BCUT2D eigenvalue weighted by molar-refractivity contribution is 0.385. The average Bonchev–Trinajstić information content (AvgIpc) is 1.67. The van der Waals surface area contributed by atoms with Crippen molar-refractivity contribution in [3.63, 3.8) is 0 Å². The van der Waals surface area contributed by atoms with Gasteiger partial charge in [-0.25, -0.2) is 0 Å². The topological polar surface area (TPSA) is 9.23 Å². The minimum atomic E-state index is -1.87. The summed E-state index contributed by atoms with van der Waals surface area (Å²) in [5.74, 6) is 0. The van der Waals surface area contributed by atoms with Crippen LogP contribution >= 0.6 is 16.9 Å². The van der Waals surface area contributed by atoms with Gasteiger partial charge in [0.2, 0.25) is 0 Å². The minimum absolute atomic E-state index is 0.634. The molecule has 0 aliphatic carbocycles. The molecule has 4 heteroatoms. The highest BCUT2D eigenvalue weighted by Gasteiger charge is 2.07. The SMILES string of the molecule is CCO[P@](=S)(Cl)CC. The van der Waals surface area contributed by atoms with Gasteiger partial charge in [-0.2, -0.15) is 0 Å². The van der Waals surface area contributed by atoms with Crippen molar-refractivity contribution in [1.29, 1.82) is 0 Å². The van der Waals surface area contributed by atoms with Crippen LogP contribution in [0.4, 0.5) is 0 Å². The predicted molar refractivity (Wildman–Crippen MR) is 42.3 cm³/mol. The zero-order valence-corrected chi connectivity index (χ0v) is 7.52. The third-order valence-electron chi connectivity index (χ3n) is 0.700. The second kappa shape index (κ2) is 3.84. The van der Waals surface area contributed by atoms with Crippen molar-refractivity contribution in [2.45, 2.75) is 13.8 Å². The fraction of sp³-hybridized carbons (Fsp3) is 1.00. The lowest BCUT2D eigenvalue weighted by Crippen LogP contribution is -1.83. The summed E-state index contributed by atoms with van der Waals surface area (Å²) in [5.41, 5.74) is -1.87. The molecular formula is C4H10ClOPS. The van der Waals surface area contributed by atoms with Gasteiger partial charge in [0.1, 0.15) is 0 Å². The number of hydrogen-bond acceptors (Lipinski definition) is 2. The van der Waals surface area contributed by atoms with Crippen LogP contribution in [0.25, 0.3) is 0 Å². The van der Waals surface area contributed by atoms with Gasteiger partial charge in [0, 0.05) is 6.16 Å². The van der Waals surface area contributed by atoms with Crippen molar-refractivity contribution in [3.05, 3.63) is 0 Å². The van der Waals surface area contributed by atoms with E-state index in [2.05, 4.69) is 0 Å². The molecule has 0 aliphatic heterocycles. The van der Waals surface area contributed by atoms with E-state index in [9.17, 15) is 0 Å². The van der Waals surface area contributed by atoms with E-state index >= 15 is 0 Å². The number of halogens is 1. The lowest BCUT2D eigenvalue weighted by Gasteiger charge is -2.09. The molecule has 0 aromatic carbocycles. The van der Waals surface area contributed by atoms with Gasteiger partial charge in [0.05, 0.1) is 6.61 Å². The van der Waals surface area contributed by atoms with Crippen LogP contribution in [0.15, 0.2) is 0 Å². The van der Waals surface area contributed by atoms with Crippen molar-refractivity contribution in [3.8, 4) is 0 Å². The quantitative estimate of drug-likeness (QED) is 0.606. The Morgan fingerprint density at radius 3 is 2.25 bits per heavy atom. The monoisotopic (exact) mass is 172 g/mol. The van der Waals surface area contributed by atoms with E-state index in [0.29, 0.717) is 6.61 Å². The first-order valence-electron chi connectivity index (χ1n) is 2.55. The van der Waals surface area contributed by atoms with Crippen molar-refractivity contribution < 1.29 is 4.52 Å². The molecule has 0 heterocycles. The largest absolute Gasteiger partial charge is 0.338 e. The summed E-state index contributed by atoms with van der Waals surface area (Å²) < 4.78 is 5.07. The van der Waals surface area contributed by atoms with Crippen LogP contribution in [0.2, 0.25) is 0 Å². The first-order valence-corrected chi connectivity index (χ1v) is 6.36. The molecule has 0 radical (unpaired) electrons. The fourth-order valence-corrected chi connectivity index (χ4v) is 1.46. The van der Waals surface area contributed by atoms with E-state index < -0.39 is 5.62 Å². The molecule has 0 spiro atoms. The molecule has 50 valence electrons. The van der Waals surface area contributed by atoms with Crippen LogP contribution < -0.4 is 0 Å². The summed E-state index contributed by atoms with van der Waals surface area (Å²) in [6.07, 6.45) is 0.776. The maximum absolute atomic E-state index is 5.72. The molecule has 8 heavy (non-hydrogen) atoms. The van der Waals surface area contributed by atoms with Crippen LogP contribution in [0.3, 0.4) is 0 Å². The van der Waals surface area contributed by atoms with E-state index in [1.807, 2.05) is 13.8 Å². The van der Waals surface area contributed by atoms with Crippen LogP contribution in [0, 0.1) is 0 Å². The first-order chi connectivity index (χ1) is 3.62. The van der Waals surface area contributed by atoms with Gasteiger partial charge in [0.25, 0.3) is 0 Å². The van der Waals surface area contributed by atoms with Crippen molar-refractivity contribution in [1.82, 2.24) is 0 Å². The van der Waals surface area contributed by atoms with Crippen LogP contribution in [-0.4, -0.2) is 12.8 Å². The van der Waals surface area contributed by atoms with Crippen LogP contribution in [-0.2, 0) is 16.3 Å². The molecule has 0 fully saturated rings. The van der Waals surface area contributed by atoms with E-state index in [-0.39, 0.29) is 0 Å². The van der Waals surface area contributed by atoms with Gasteiger partial charge in [-0.15, -0.1) is 0 Å². The standard InChI is InChI=1S/C4H10ClOPS/c1-3-6-7(5,8)4-2/h3-4H2,1-2H3/t7-/m1/s1. The zero-order chi connectivity index (χ0) is 6.62. The smallest absolute Gasteiger partial charge is 0.151 e. The van der Waals surface area contributed by atoms with E-state index in [1.54, 1.807) is 0 Å². The Hall–Kier alpha value is 0.900. The first kappa shape index (κ1) is 8.90. The predicted octanol–water partition coefficient (Wildman–Crippen LogP) is 2.59. The molecule has 0 amide bonds. The van der Waals surface area contributed by atoms with Crippen molar-refractivity contribution in [2.24, 2.45) is 0 Å². The van der Waals surface area contributed by atoms with Gasteiger partial charge >= 0.3 is 0 Å². The Bertz CT molecular complexity index is 106. The highest BCUT2D eigenvalue weighted by molar-refractivity contribution is 8.24. The summed E-state index contributed by atoms with van der Waals surface area (Å²) in [5, 5.41) is 0. The molecule has 0 saturated carbocycles. The molecule has 0 unspecified atom stereocenters. The van der Waals surface area contributed by atoms with Gasteiger partial charge in [0.15, 0.2) is 5.62 Å². The summed E-state index contributed by atoms with van der Waals surface area (Å²) in [4.78, 5) is 0. The Morgan fingerprint density at radius 2 is 2.12 bits per heavy atom. The maximum atomic E-state index is 5.72. The van der Waals surface area contributed by atoms with Crippen LogP contribution in [0.1, 0.15) is 13.8 Å². The third kappa shape index (κ3) is 3.85. The van der Waals surface area contributed by atoms with Crippen molar-refractivity contribution in [2.75, 3.05) is 12.8 Å².